The molecule has 8 heteroatoms. The second-order valence-electron chi connectivity index (χ2n) is 7.90. The Hall–Kier alpha value is -3.68. The number of nitrogens with zero attached hydrogens (tertiary/aromatic N) is 2. The third kappa shape index (κ3) is 3.76. The summed E-state index contributed by atoms with van der Waals surface area (Å²) in [6.07, 6.45) is 4.49. The van der Waals surface area contributed by atoms with Crippen LogP contribution in [-0.4, -0.2) is 37.8 Å². The van der Waals surface area contributed by atoms with Crippen molar-refractivity contribution >= 4 is 23.1 Å². The molecule has 2 N–H and O–H groups in total. The van der Waals surface area contributed by atoms with Crippen LogP contribution in [0.3, 0.4) is 0 Å². The minimum absolute atomic E-state index is 0.0120. The van der Waals surface area contributed by atoms with Gasteiger partial charge in [0, 0.05) is 23.7 Å². The molecule has 31 heavy (non-hydrogen) atoms. The molecule has 8 nitrogen and oxygen atoms in total. The zero-order chi connectivity index (χ0) is 22.1. The number of phenols is 1. The number of Topliss-reactive ketones (excluding diaryl/α,β-unsaturated/α-hetero) is 1. The number of carbonyl (C=O) groups is 2. The van der Waals surface area contributed by atoms with E-state index in [2.05, 4.69) is 0 Å². The lowest BCUT2D eigenvalue weighted by Gasteiger charge is -2.35. The van der Waals surface area contributed by atoms with Gasteiger partial charge in [0.25, 0.3) is 17.4 Å². The number of hydrogen-bond donors (Lipinski definition) is 2. The molecule has 0 radical (unpaired) electrons. The second kappa shape index (κ2) is 8.22. The molecule has 1 saturated heterocycles. The molecule has 2 aliphatic rings. The van der Waals surface area contributed by atoms with Crippen molar-refractivity contribution in [1.82, 2.24) is 4.90 Å². The van der Waals surface area contributed by atoms with E-state index in [4.69, 9.17) is 0 Å². The fourth-order valence-electron chi connectivity index (χ4n) is 4.50. The third-order valence-electron chi connectivity index (χ3n) is 5.99. The minimum Gasteiger partial charge on any atom is -0.508 e. The van der Waals surface area contributed by atoms with E-state index < -0.39 is 22.7 Å². The van der Waals surface area contributed by atoms with Gasteiger partial charge in [-0.2, -0.15) is 0 Å². The first-order chi connectivity index (χ1) is 14.9. The number of non-ortho nitro benzene ring substituents is 1. The van der Waals surface area contributed by atoms with Crippen molar-refractivity contribution in [1.29, 1.82) is 0 Å². The number of likely N-dealkylation sites (tertiary alicyclic amines) is 1. The van der Waals surface area contributed by atoms with Gasteiger partial charge in [-0.3, -0.25) is 19.7 Å². The number of phenolic OH excluding ortho intramolecular Hbond substituents is 1. The molecule has 0 aromatic heterocycles. The number of nitro benzene ring substituents is 1. The maximum atomic E-state index is 13.0. The van der Waals surface area contributed by atoms with Crippen LogP contribution in [0.2, 0.25) is 0 Å². The van der Waals surface area contributed by atoms with E-state index in [0.717, 1.165) is 32.1 Å². The highest BCUT2D eigenvalue weighted by Gasteiger charge is 2.48. The van der Waals surface area contributed by atoms with Gasteiger partial charge in [-0.25, -0.2) is 0 Å². The van der Waals surface area contributed by atoms with Gasteiger partial charge < -0.3 is 15.1 Å². The number of amides is 1. The Kier molecular flexibility index (Phi) is 5.46. The Balaban J connectivity index is 1.85. The lowest BCUT2D eigenvalue weighted by Crippen LogP contribution is -2.40. The quantitative estimate of drug-likeness (QED) is 0.252. The van der Waals surface area contributed by atoms with Crippen LogP contribution < -0.4 is 0 Å². The molecule has 1 amide bonds. The molecule has 0 bridgehead atoms. The Bertz CT molecular complexity index is 1070. The van der Waals surface area contributed by atoms with Crippen LogP contribution >= 0.6 is 0 Å². The first kappa shape index (κ1) is 20.6. The lowest BCUT2D eigenvalue weighted by atomic mass is 9.91. The highest BCUT2D eigenvalue weighted by Crippen LogP contribution is 2.43. The number of aliphatic hydroxyl groups is 1. The summed E-state index contributed by atoms with van der Waals surface area (Å²) in [4.78, 5) is 38.0. The molecular weight excluding hydrogens is 400 g/mol. The van der Waals surface area contributed by atoms with Crippen molar-refractivity contribution in [2.24, 2.45) is 0 Å². The summed E-state index contributed by atoms with van der Waals surface area (Å²) in [5.74, 6) is -1.87. The predicted octanol–water partition coefficient (Wildman–Crippen LogP) is 4.05. The molecule has 1 heterocycles. The Morgan fingerprint density at radius 3 is 2.32 bits per heavy atom. The molecule has 1 saturated carbocycles. The van der Waals surface area contributed by atoms with Gasteiger partial charge in [-0.1, -0.05) is 31.4 Å². The monoisotopic (exact) mass is 422 g/mol. The maximum Gasteiger partial charge on any atom is 0.295 e. The van der Waals surface area contributed by atoms with E-state index in [9.17, 15) is 29.9 Å². The first-order valence-electron chi connectivity index (χ1n) is 10.2. The molecule has 2 aromatic carbocycles. The van der Waals surface area contributed by atoms with E-state index >= 15 is 0 Å². The number of hydrogen-bond acceptors (Lipinski definition) is 6. The number of carbonyl (C=O) groups excluding carboxylic acids is 2. The summed E-state index contributed by atoms with van der Waals surface area (Å²) < 4.78 is 0. The molecule has 1 atom stereocenters. The number of ketones is 1. The highest BCUT2D eigenvalue weighted by molar-refractivity contribution is 6.46. The largest absolute Gasteiger partial charge is 0.508 e. The molecule has 1 aliphatic carbocycles. The zero-order valence-electron chi connectivity index (χ0n) is 16.7. The topological polar surface area (TPSA) is 121 Å². The van der Waals surface area contributed by atoms with Gasteiger partial charge in [0.05, 0.1) is 16.5 Å². The Morgan fingerprint density at radius 1 is 1.03 bits per heavy atom. The number of benzene rings is 2. The number of aromatic hydroxyl groups is 1. The molecule has 4 rings (SSSR count). The molecule has 160 valence electrons. The summed E-state index contributed by atoms with van der Waals surface area (Å²) in [6, 6.07) is 10.5. The minimum atomic E-state index is -0.842. The lowest BCUT2D eigenvalue weighted by molar-refractivity contribution is -0.384. The molecule has 2 aromatic rings. The van der Waals surface area contributed by atoms with Crippen LogP contribution in [0.5, 0.6) is 5.75 Å². The normalized spacial score (nSPS) is 21.4. The van der Waals surface area contributed by atoms with Crippen molar-refractivity contribution in [2.75, 3.05) is 0 Å². The van der Waals surface area contributed by atoms with E-state index in [-0.39, 0.29) is 34.4 Å². The molecular formula is C23H22N2O6. The van der Waals surface area contributed by atoms with Crippen molar-refractivity contribution in [3.05, 3.63) is 75.3 Å². The van der Waals surface area contributed by atoms with Crippen molar-refractivity contribution in [3.63, 3.8) is 0 Å². The van der Waals surface area contributed by atoms with Crippen LogP contribution in [0.4, 0.5) is 5.69 Å². The van der Waals surface area contributed by atoms with E-state index in [1.807, 2.05) is 0 Å². The average molecular weight is 422 g/mol. The van der Waals surface area contributed by atoms with Crippen molar-refractivity contribution < 1.29 is 24.7 Å². The van der Waals surface area contributed by atoms with Crippen LogP contribution in [-0.2, 0) is 9.59 Å². The maximum absolute atomic E-state index is 13.0. The Labute approximate surface area is 178 Å². The number of rotatable bonds is 4. The fourth-order valence-corrected chi connectivity index (χ4v) is 4.50. The summed E-state index contributed by atoms with van der Waals surface area (Å²) in [6.45, 7) is 0. The van der Waals surface area contributed by atoms with Gasteiger partial charge in [0.2, 0.25) is 0 Å². The highest BCUT2D eigenvalue weighted by atomic mass is 16.6. The van der Waals surface area contributed by atoms with Crippen LogP contribution in [0, 0.1) is 10.1 Å². The average Bonchev–Trinajstić information content (AvgIpc) is 3.04. The van der Waals surface area contributed by atoms with Gasteiger partial charge in [-0.05, 0) is 42.7 Å². The van der Waals surface area contributed by atoms with Gasteiger partial charge in [0.15, 0.2) is 0 Å². The molecule has 0 spiro atoms. The van der Waals surface area contributed by atoms with Gasteiger partial charge in [-0.15, -0.1) is 0 Å². The van der Waals surface area contributed by atoms with Crippen LogP contribution in [0.1, 0.15) is 49.3 Å². The SMILES string of the molecule is O=C1C(=O)N(C2CCCCC2)C(c2cccc(O)c2)/C1=C(/O)c1ccc([N+](=O)[O-])cc1. The number of nitro groups is 1. The van der Waals surface area contributed by atoms with E-state index in [1.165, 1.54) is 41.3 Å². The standard InChI is InChI=1S/C23H22N2O6/c26-18-8-4-5-15(13-18)20-19(21(27)14-9-11-17(12-10-14)25(30)31)22(28)23(29)24(20)16-6-2-1-3-7-16/h4-5,8-13,16,20,26-27H,1-3,6-7H2/b21-19-. The predicted molar refractivity (Wildman–Crippen MR) is 112 cm³/mol. The van der Waals surface area contributed by atoms with Crippen molar-refractivity contribution in [2.45, 2.75) is 44.2 Å². The van der Waals surface area contributed by atoms with E-state index in [0.29, 0.717) is 5.56 Å². The summed E-state index contributed by atoms with van der Waals surface area (Å²) >= 11 is 0. The summed E-state index contributed by atoms with van der Waals surface area (Å²) in [5.41, 5.74) is 0.504. The van der Waals surface area contributed by atoms with Gasteiger partial charge >= 0.3 is 0 Å². The summed E-state index contributed by atoms with van der Waals surface area (Å²) in [5, 5.41) is 31.9. The fraction of sp³-hybridized carbons (Fsp3) is 0.304. The first-order valence-corrected chi connectivity index (χ1v) is 10.2. The van der Waals surface area contributed by atoms with Crippen LogP contribution in [0.25, 0.3) is 5.76 Å². The zero-order valence-corrected chi connectivity index (χ0v) is 16.7. The smallest absolute Gasteiger partial charge is 0.295 e. The second-order valence-corrected chi connectivity index (χ2v) is 7.90. The van der Waals surface area contributed by atoms with Crippen LogP contribution in [0.15, 0.2) is 54.1 Å². The summed E-state index contributed by atoms with van der Waals surface area (Å²) in [7, 11) is 0. The number of aliphatic hydroxyl groups excluding tert-OH is 1. The van der Waals surface area contributed by atoms with Gasteiger partial charge in [0.1, 0.15) is 11.5 Å². The van der Waals surface area contributed by atoms with E-state index in [1.54, 1.807) is 12.1 Å². The molecule has 1 aliphatic heterocycles. The molecule has 1 unspecified atom stereocenters. The molecule has 2 fully saturated rings. The Morgan fingerprint density at radius 2 is 1.71 bits per heavy atom. The third-order valence-corrected chi connectivity index (χ3v) is 5.99. The van der Waals surface area contributed by atoms with Crippen molar-refractivity contribution in [3.8, 4) is 5.75 Å².